The minimum Gasteiger partial charge on any atom is -0.307 e. The molecule has 1 aliphatic rings. The number of nitrogens with one attached hydrogen (secondary N) is 1. The summed E-state index contributed by atoms with van der Waals surface area (Å²) >= 11 is 0. The van der Waals surface area contributed by atoms with Crippen LogP contribution in [0.3, 0.4) is 0 Å². The highest BCUT2D eigenvalue weighted by Crippen LogP contribution is 2.24. The molecule has 4 heteroatoms. The molecule has 1 N–H and O–H groups in total. The molecule has 0 saturated carbocycles. The summed E-state index contributed by atoms with van der Waals surface area (Å²) in [5.74, 6) is -1.51. The van der Waals surface area contributed by atoms with E-state index >= 15 is 0 Å². The monoisotopic (exact) mass is 296 g/mol. The topological polar surface area (TPSA) is 15.3 Å². The first kappa shape index (κ1) is 16.4. The molecule has 1 saturated heterocycles. The van der Waals surface area contributed by atoms with Gasteiger partial charge in [0.05, 0.1) is 0 Å². The van der Waals surface area contributed by atoms with Crippen molar-refractivity contribution in [2.75, 3.05) is 13.1 Å². The highest BCUT2D eigenvalue weighted by molar-refractivity contribution is 5.22. The molecule has 1 heterocycles. The smallest absolute Gasteiger partial charge is 0.163 e. The van der Waals surface area contributed by atoms with Crippen LogP contribution in [0.25, 0.3) is 0 Å². The average Bonchev–Trinajstić information content (AvgIpc) is 2.41. The summed E-state index contributed by atoms with van der Waals surface area (Å²) in [5.41, 5.74) is 0.610. The van der Waals surface area contributed by atoms with Gasteiger partial charge in [-0.05, 0) is 46.6 Å². The quantitative estimate of drug-likeness (QED) is 0.910. The zero-order valence-corrected chi connectivity index (χ0v) is 13.4. The van der Waals surface area contributed by atoms with Crippen molar-refractivity contribution in [2.45, 2.75) is 58.2 Å². The molecule has 0 aliphatic carbocycles. The molecule has 2 nitrogen and oxygen atoms in total. The molecule has 0 amide bonds. The molecule has 0 bridgehead atoms. The Labute approximate surface area is 126 Å². The second kappa shape index (κ2) is 6.41. The lowest BCUT2D eigenvalue weighted by Crippen LogP contribution is -2.50. The third-order valence-corrected chi connectivity index (χ3v) is 4.38. The molecule has 1 aliphatic heterocycles. The number of likely N-dealkylation sites (tertiary alicyclic amines) is 1. The van der Waals surface area contributed by atoms with E-state index in [1.807, 2.05) is 6.92 Å². The predicted molar refractivity (Wildman–Crippen MR) is 82.3 cm³/mol. The van der Waals surface area contributed by atoms with Crippen molar-refractivity contribution in [2.24, 2.45) is 0 Å². The van der Waals surface area contributed by atoms with Gasteiger partial charge in [-0.1, -0.05) is 12.1 Å². The van der Waals surface area contributed by atoms with Crippen molar-refractivity contribution in [3.8, 4) is 0 Å². The maximum atomic E-state index is 13.8. The molecule has 21 heavy (non-hydrogen) atoms. The Balaban J connectivity index is 1.93. The second-order valence-electron chi connectivity index (χ2n) is 6.96. The van der Waals surface area contributed by atoms with E-state index in [1.165, 1.54) is 0 Å². The SMILES string of the molecule is CC(NC1CCN(C(C)(C)C)CC1)c1cccc(F)c1F. The van der Waals surface area contributed by atoms with Crippen molar-refractivity contribution >= 4 is 0 Å². The minimum atomic E-state index is -0.774. The molecule has 1 unspecified atom stereocenters. The number of rotatable bonds is 3. The van der Waals surface area contributed by atoms with Gasteiger partial charge in [-0.2, -0.15) is 0 Å². The number of hydrogen-bond acceptors (Lipinski definition) is 2. The molecular formula is C17H26F2N2. The summed E-state index contributed by atoms with van der Waals surface area (Å²) in [6.07, 6.45) is 2.08. The van der Waals surface area contributed by atoms with E-state index in [0.29, 0.717) is 11.6 Å². The Morgan fingerprint density at radius 1 is 1.19 bits per heavy atom. The first-order valence-corrected chi connectivity index (χ1v) is 7.74. The van der Waals surface area contributed by atoms with Crippen LogP contribution in [0, 0.1) is 11.6 Å². The van der Waals surface area contributed by atoms with Gasteiger partial charge in [0.2, 0.25) is 0 Å². The van der Waals surface area contributed by atoms with E-state index in [9.17, 15) is 8.78 Å². The lowest BCUT2D eigenvalue weighted by molar-refractivity contribution is 0.0941. The van der Waals surface area contributed by atoms with Gasteiger partial charge < -0.3 is 5.32 Å². The van der Waals surface area contributed by atoms with Gasteiger partial charge in [-0.15, -0.1) is 0 Å². The molecule has 0 aromatic heterocycles. The van der Waals surface area contributed by atoms with E-state index in [1.54, 1.807) is 12.1 Å². The Kier molecular flexibility index (Phi) is 4.99. The van der Waals surface area contributed by atoms with Crippen molar-refractivity contribution < 1.29 is 8.78 Å². The zero-order valence-electron chi connectivity index (χ0n) is 13.4. The number of benzene rings is 1. The molecular weight excluding hydrogens is 270 g/mol. The van der Waals surface area contributed by atoms with Crippen LogP contribution >= 0.6 is 0 Å². The largest absolute Gasteiger partial charge is 0.307 e. The van der Waals surface area contributed by atoms with Crippen LogP contribution in [0.4, 0.5) is 8.78 Å². The van der Waals surface area contributed by atoms with Crippen LogP contribution in [-0.4, -0.2) is 29.6 Å². The Bertz CT molecular complexity index is 474. The number of piperidine rings is 1. The molecule has 1 atom stereocenters. The molecule has 2 rings (SSSR count). The number of hydrogen-bond donors (Lipinski definition) is 1. The zero-order chi connectivity index (χ0) is 15.6. The van der Waals surface area contributed by atoms with Crippen LogP contribution < -0.4 is 5.32 Å². The highest BCUT2D eigenvalue weighted by atomic mass is 19.2. The van der Waals surface area contributed by atoms with Crippen molar-refractivity contribution in [3.05, 3.63) is 35.4 Å². The third kappa shape index (κ3) is 4.01. The van der Waals surface area contributed by atoms with Crippen molar-refractivity contribution in [3.63, 3.8) is 0 Å². The number of nitrogens with zero attached hydrogens (tertiary/aromatic N) is 1. The molecule has 0 spiro atoms. The van der Waals surface area contributed by atoms with Crippen molar-refractivity contribution in [1.29, 1.82) is 0 Å². The Morgan fingerprint density at radius 3 is 2.38 bits per heavy atom. The van der Waals surface area contributed by atoms with E-state index in [0.717, 1.165) is 32.0 Å². The van der Waals surface area contributed by atoms with Gasteiger partial charge in [0, 0.05) is 36.3 Å². The van der Waals surface area contributed by atoms with E-state index in [4.69, 9.17) is 0 Å². The fourth-order valence-corrected chi connectivity index (χ4v) is 3.02. The lowest BCUT2D eigenvalue weighted by Gasteiger charge is -2.41. The summed E-state index contributed by atoms with van der Waals surface area (Å²) in [6, 6.07) is 4.56. The van der Waals surface area contributed by atoms with Crippen LogP contribution in [-0.2, 0) is 0 Å². The molecule has 0 radical (unpaired) electrons. The van der Waals surface area contributed by atoms with Crippen LogP contribution in [0.15, 0.2) is 18.2 Å². The number of halogens is 2. The molecule has 1 aromatic rings. The molecule has 1 aromatic carbocycles. The maximum Gasteiger partial charge on any atom is 0.163 e. The average molecular weight is 296 g/mol. The first-order valence-electron chi connectivity index (χ1n) is 7.74. The standard InChI is InChI=1S/C17H26F2N2/c1-12(14-6-5-7-15(18)16(14)19)20-13-8-10-21(11-9-13)17(2,3)4/h5-7,12-13,20H,8-11H2,1-4H3. The fraction of sp³-hybridized carbons (Fsp3) is 0.647. The summed E-state index contributed by atoms with van der Waals surface area (Å²) < 4.78 is 27.1. The third-order valence-electron chi connectivity index (χ3n) is 4.38. The van der Waals surface area contributed by atoms with Crippen LogP contribution in [0.5, 0.6) is 0 Å². The van der Waals surface area contributed by atoms with Gasteiger partial charge in [0.25, 0.3) is 0 Å². The Morgan fingerprint density at radius 2 is 1.81 bits per heavy atom. The van der Waals surface area contributed by atoms with E-state index in [2.05, 4.69) is 31.0 Å². The van der Waals surface area contributed by atoms with Crippen LogP contribution in [0.2, 0.25) is 0 Å². The normalized spacial score (nSPS) is 19.7. The molecule has 1 fully saturated rings. The first-order chi connectivity index (χ1) is 9.79. The molecule has 118 valence electrons. The summed E-state index contributed by atoms with van der Waals surface area (Å²) in [4.78, 5) is 2.47. The van der Waals surface area contributed by atoms with Gasteiger partial charge in [0.1, 0.15) is 0 Å². The Hall–Kier alpha value is -1.00. The van der Waals surface area contributed by atoms with Crippen molar-refractivity contribution in [1.82, 2.24) is 10.2 Å². The second-order valence-corrected chi connectivity index (χ2v) is 6.96. The lowest BCUT2D eigenvalue weighted by atomic mass is 9.97. The van der Waals surface area contributed by atoms with E-state index in [-0.39, 0.29) is 11.6 Å². The van der Waals surface area contributed by atoms with Gasteiger partial charge in [-0.25, -0.2) is 8.78 Å². The fourth-order valence-electron chi connectivity index (χ4n) is 3.02. The van der Waals surface area contributed by atoms with Gasteiger partial charge >= 0.3 is 0 Å². The van der Waals surface area contributed by atoms with Gasteiger partial charge in [-0.3, -0.25) is 4.90 Å². The van der Waals surface area contributed by atoms with E-state index < -0.39 is 11.6 Å². The van der Waals surface area contributed by atoms with Gasteiger partial charge in [0.15, 0.2) is 11.6 Å². The highest BCUT2D eigenvalue weighted by Gasteiger charge is 2.28. The minimum absolute atomic E-state index is 0.174. The maximum absolute atomic E-state index is 13.8. The predicted octanol–water partition coefficient (Wildman–Crippen LogP) is 3.88. The summed E-state index contributed by atoms with van der Waals surface area (Å²) in [6.45, 7) is 10.7. The van der Waals surface area contributed by atoms with Crippen LogP contribution in [0.1, 0.15) is 52.1 Å². The summed E-state index contributed by atoms with van der Waals surface area (Å²) in [7, 11) is 0. The summed E-state index contributed by atoms with van der Waals surface area (Å²) in [5, 5.41) is 3.44.